The molecule has 6 heteroatoms. The van der Waals surface area contributed by atoms with Gasteiger partial charge in [-0.05, 0) is 54.8 Å². The summed E-state index contributed by atoms with van der Waals surface area (Å²) in [5.41, 5.74) is 1.60. The Labute approximate surface area is 151 Å². The van der Waals surface area contributed by atoms with Crippen LogP contribution in [0, 0.1) is 17.7 Å². The summed E-state index contributed by atoms with van der Waals surface area (Å²) in [5.74, 6) is -0.495. The molecule has 5 nitrogen and oxygen atoms in total. The van der Waals surface area contributed by atoms with E-state index in [2.05, 4.69) is 10.6 Å². The van der Waals surface area contributed by atoms with Gasteiger partial charge in [0.1, 0.15) is 11.6 Å². The van der Waals surface area contributed by atoms with Gasteiger partial charge >= 0.3 is 0 Å². The van der Waals surface area contributed by atoms with Gasteiger partial charge in [-0.1, -0.05) is 12.1 Å². The number of methoxy groups -OCH3 is 1. The van der Waals surface area contributed by atoms with Gasteiger partial charge in [0.25, 0.3) is 0 Å². The zero-order chi connectivity index (χ0) is 18.5. The molecule has 1 aliphatic carbocycles. The second-order valence-corrected chi connectivity index (χ2v) is 6.34. The topological polar surface area (TPSA) is 67.4 Å². The van der Waals surface area contributed by atoms with E-state index in [0.717, 1.165) is 11.3 Å². The molecule has 1 aliphatic rings. The number of halogens is 1. The first-order valence-electron chi connectivity index (χ1n) is 8.54. The fourth-order valence-corrected chi connectivity index (χ4v) is 2.83. The van der Waals surface area contributed by atoms with Gasteiger partial charge in [0.05, 0.1) is 18.9 Å². The summed E-state index contributed by atoms with van der Waals surface area (Å²) >= 11 is 0. The predicted molar refractivity (Wildman–Crippen MR) is 96.3 cm³/mol. The number of hydrogen-bond donors (Lipinski definition) is 2. The number of nitrogens with one attached hydrogen (secondary N) is 2. The second-order valence-electron chi connectivity index (χ2n) is 6.34. The van der Waals surface area contributed by atoms with Gasteiger partial charge in [0, 0.05) is 12.2 Å². The van der Waals surface area contributed by atoms with Gasteiger partial charge in [0.2, 0.25) is 11.8 Å². The molecule has 0 saturated heterocycles. The molecule has 2 aromatic carbocycles. The van der Waals surface area contributed by atoms with Gasteiger partial charge in [-0.25, -0.2) is 4.39 Å². The Morgan fingerprint density at radius 1 is 1.12 bits per heavy atom. The number of amides is 2. The van der Waals surface area contributed by atoms with Crippen LogP contribution >= 0.6 is 0 Å². The molecule has 0 heterocycles. The summed E-state index contributed by atoms with van der Waals surface area (Å²) in [7, 11) is 1.62. The van der Waals surface area contributed by atoms with Crippen molar-refractivity contribution in [1.82, 2.24) is 5.32 Å². The number of benzene rings is 2. The summed E-state index contributed by atoms with van der Waals surface area (Å²) < 4.78 is 18.0. The van der Waals surface area contributed by atoms with Crippen molar-refractivity contribution in [3.8, 4) is 5.75 Å². The van der Waals surface area contributed by atoms with E-state index in [1.807, 2.05) is 24.3 Å². The number of anilines is 1. The average Bonchev–Trinajstić information content (AvgIpc) is 3.45. The number of ether oxygens (including phenoxy) is 1. The Hall–Kier alpha value is -2.89. The highest BCUT2D eigenvalue weighted by molar-refractivity contribution is 5.99. The fourth-order valence-electron chi connectivity index (χ4n) is 2.83. The molecule has 1 fully saturated rings. The molecule has 2 aromatic rings. The Kier molecular flexibility index (Phi) is 5.51. The molecular formula is C20H21FN2O3. The van der Waals surface area contributed by atoms with Crippen molar-refractivity contribution in [3.63, 3.8) is 0 Å². The molecule has 2 unspecified atom stereocenters. The standard InChI is InChI=1S/C20H21FN2O3/c1-26-16-4-2-3-13(11-16)9-10-22-19(24)17-12-18(17)20(25)23-15-7-5-14(21)6-8-15/h2-8,11,17-18H,9-10,12H2,1H3,(H,22,24)(H,23,25). The predicted octanol–water partition coefficient (Wildman–Crippen LogP) is 2.77. The van der Waals surface area contributed by atoms with E-state index in [4.69, 9.17) is 4.74 Å². The lowest BCUT2D eigenvalue weighted by Gasteiger charge is -2.07. The first-order chi connectivity index (χ1) is 12.6. The van der Waals surface area contributed by atoms with E-state index in [-0.39, 0.29) is 29.5 Å². The van der Waals surface area contributed by atoms with Gasteiger partial charge in [0.15, 0.2) is 0 Å². The molecule has 0 radical (unpaired) electrons. The van der Waals surface area contributed by atoms with E-state index in [9.17, 15) is 14.0 Å². The maximum atomic E-state index is 12.9. The highest BCUT2D eigenvalue weighted by Gasteiger charge is 2.47. The van der Waals surface area contributed by atoms with Gasteiger partial charge in [-0.2, -0.15) is 0 Å². The first-order valence-corrected chi connectivity index (χ1v) is 8.54. The second kappa shape index (κ2) is 7.99. The Balaban J connectivity index is 1.42. The normalized spacial score (nSPS) is 18.1. The molecule has 2 N–H and O–H groups in total. The smallest absolute Gasteiger partial charge is 0.228 e. The van der Waals surface area contributed by atoms with Gasteiger partial charge in [-0.3, -0.25) is 9.59 Å². The van der Waals surface area contributed by atoms with E-state index in [1.165, 1.54) is 24.3 Å². The summed E-state index contributed by atoms with van der Waals surface area (Å²) in [4.78, 5) is 24.3. The largest absolute Gasteiger partial charge is 0.497 e. The molecule has 0 bridgehead atoms. The quantitative estimate of drug-likeness (QED) is 0.802. The van der Waals surface area contributed by atoms with Crippen molar-refractivity contribution < 1.29 is 18.7 Å². The summed E-state index contributed by atoms with van der Waals surface area (Å²) in [6.07, 6.45) is 1.24. The average molecular weight is 356 g/mol. The Morgan fingerprint density at radius 3 is 2.58 bits per heavy atom. The van der Waals surface area contributed by atoms with Crippen LogP contribution in [0.4, 0.5) is 10.1 Å². The highest BCUT2D eigenvalue weighted by Crippen LogP contribution is 2.39. The maximum Gasteiger partial charge on any atom is 0.228 e. The monoisotopic (exact) mass is 356 g/mol. The minimum absolute atomic E-state index is 0.104. The Morgan fingerprint density at radius 2 is 1.85 bits per heavy atom. The minimum atomic E-state index is -0.359. The first kappa shape index (κ1) is 17.9. The lowest BCUT2D eigenvalue weighted by molar-refractivity contribution is -0.125. The summed E-state index contributed by atoms with van der Waals surface area (Å²) in [5, 5.41) is 5.59. The van der Waals surface area contributed by atoms with Crippen LogP contribution < -0.4 is 15.4 Å². The lowest BCUT2D eigenvalue weighted by atomic mass is 10.1. The van der Waals surface area contributed by atoms with Crippen LogP contribution in [-0.2, 0) is 16.0 Å². The molecular weight excluding hydrogens is 335 g/mol. The molecule has 0 aromatic heterocycles. The van der Waals surface area contributed by atoms with Crippen LogP contribution in [0.5, 0.6) is 5.75 Å². The minimum Gasteiger partial charge on any atom is -0.497 e. The van der Waals surface area contributed by atoms with Crippen LogP contribution in [0.2, 0.25) is 0 Å². The van der Waals surface area contributed by atoms with Crippen molar-refractivity contribution in [2.75, 3.05) is 19.0 Å². The van der Waals surface area contributed by atoms with Crippen LogP contribution in [-0.4, -0.2) is 25.5 Å². The van der Waals surface area contributed by atoms with E-state index >= 15 is 0 Å². The molecule has 3 rings (SSSR count). The van der Waals surface area contributed by atoms with Crippen molar-refractivity contribution in [1.29, 1.82) is 0 Å². The van der Waals surface area contributed by atoms with Crippen LogP contribution in [0.3, 0.4) is 0 Å². The Bertz CT molecular complexity index is 792. The van der Waals surface area contributed by atoms with Crippen molar-refractivity contribution in [2.24, 2.45) is 11.8 Å². The van der Waals surface area contributed by atoms with E-state index < -0.39 is 0 Å². The molecule has 2 atom stereocenters. The van der Waals surface area contributed by atoms with Crippen LogP contribution in [0.1, 0.15) is 12.0 Å². The zero-order valence-corrected chi connectivity index (χ0v) is 14.5. The molecule has 1 saturated carbocycles. The highest BCUT2D eigenvalue weighted by atomic mass is 19.1. The number of rotatable bonds is 7. The van der Waals surface area contributed by atoms with E-state index in [0.29, 0.717) is 25.1 Å². The maximum absolute atomic E-state index is 12.9. The fraction of sp³-hybridized carbons (Fsp3) is 0.300. The molecule has 2 amide bonds. The number of hydrogen-bond acceptors (Lipinski definition) is 3. The van der Waals surface area contributed by atoms with Gasteiger partial charge < -0.3 is 15.4 Å². The van der Waals surface area contributed by atoms with Crippen LogP contribution in [0.15, 0.2) is 48.5 Å². The third-order valence-corrected chi connectivity index (χ3v) is 4.42. The number of carbonyl (C=O) groups is 2. The molecule has 136 valence electrons. The molecule has 0 spiro atoms. The van der Waals surface area contributed by atoms with Crippen molar-refractivity contribution in [2.45, 2.75) is 12.8 Å². The van der Waals surface area contributed by atoms with E-state index in [1.54, 1.807) is 7.11 Å². The SMILES string of the molecule is COc1cccc(CCNC(=O)C2CC2C(=O)Nc2ccc(F)cc2)c1. The third-order valence-electron chi connectivity index (χ3n) is 4.42. The molecule has 0 aliphatic heterocycles. The zero-order valence-electron chi connectivity index (χ0n) is 14.5. The van der Waals surface area contributed by atoms with Gasteiger partial charge in [-0.15, -0.1) is 0 Å². The summed E-state index contributed by atoms with van der Waals surface area (Å²) in [6.45, 7) is 0.509. The lowest BCUT2D eigenvalue weighted by Crippen LogP contribution is -2.29. The van der Waals surface area contributed by atoms with Crippen molar-refractivity contribution >= 4 is 17.5 Å². The van der Waals surface area contributed by atoms with Crippen LogP contribution in [0.25, 0.3) is 0 Å². The molecule has 26 heavy (non-hydrogen) atoms. The third kappa shape index (κ3) is 4.59. The van der Waals surface area contributed by atoms with Crippen molar-refractivity contribution in [3.05, 3.63) is 59.9 Å². The number of carbonyl (C=O) groups excluding carboxylic acids is 2. The summed E-state index contributed by atoms with van der Waals surface area (Å²) in [6, 6.07) is 13.3.